The van der Waals surface area contributed by atoms with E-state index in [4.69, 9.17) is 47.4 Å². The van der Waals surface area contributed by atoms with Gasteiger partial charge >= 0.3 is 0 Å². The Morgan fingerprint density at radius 2 is 1.80 bits per heavy atom. The van der Waals surface area contributed by atoms with E-state index in [9.17, 15) is 9.90 Å². The van der Waals surface area contributed by atoms with Crippen molar-refractivity contribution < 1.29 is 24.1 Å². The summed E-state index contributed by atoms with van der Waals surface area (Å²) in [5.41, 5.74) is 0.954. The highest BCUT2D eigenvalue weighted by molar-refractivity contribution is 6.41. The van der Waals surface area contributed by atoms with Gasteiger partial charge in [-0.25, -0.2) is 15.0 Å². The molecular weight excluding hydrogens is 559 g/mol. The summed E-state index contributed by atoms with van der Waals surface area (Å²) >= 11 is 13.4. The van der Waals surface area contributed by atoms with Gasteiger partial charge in [0, 0.05) is 24.5 Å². The molecule has 5 rings (SSSR count). The van der Waals surface area contributed by atoms with E-state index in [0.29, 0.717) is 79.2 Å². The quantitative estimate of drug-likeness (QED) is 0.336. The van der Waals surface area contributed by atoms with Gasteiger partial charge in [-0.2, -0.15) is 0 Å². The van der Waals surface area contributed by atoms with Crippen molar-refractivity contribution in [1.82, 2.24) is 20.3 Å². The Balaban J connectivity index is 1.59. The van der Waals surface area contributed by atoms with Crippen molar-refractivity contribution in [1.29, 1.82) is 0 Å². The van der Waals surface area contributed by atoms with Gasteiger partial charge in [-0.05, 0) is 25.0 Å². The van der Waals surface area contributed by atoms with Crippen molar-refractivity contribution in [3.63, 3.8) is 0 Å². The fourth-order valence-electron chi connectivity index (χ4n) is 4.88. The Hall–Kier alpha value is -3.38. The predicted molar refractivity (Wildman–Crippen MR) is 154 cm³/mol. The van der Waals surface area contributed by atoms with Crippen LogP contribution in [0.25, 0.3) is 22.3 Å². The maximum atomic E-state index is 11.9. The maximum Gasteiger partial charge on any atom is 0.243 e. The third-order valence-corrected chi connectivity index (χ3v) is 7.80. The second-order valence-corrected chi connectivity index (χ2v) is 10.3. The summed E-state index contributed by atoms with van der Waals surface area (Å²) < 4.78 is 16.5. The number of carbonyl (C=O) groups is 1. The minimum atomic E-state index is -0.362. The minimum Gasteiger partial charge on any atom is -0.495 e. The van der Waals surface area contributed by atoms with Crippen LogP contribution in [0.4, 0.5) is 11.6 Å². The average Bonchev–Trinajstić information content (AvgIpc) is 3.39. The van der Waals surface area contributed by atoms with Gasteiger partial charge in [0.15, 0.2) is 5.82 Å². The van der Waals surface area contributed by atoms with Crippen LogP contribution >= 0.6 is 23.2 Å². The van der Waals surface area contributed by atoms with Gasteiger partial charge in [-0.15, -0.1) is 0 Å². The molecule has 1 aromatic carbocycles. The number of piperidine rings is 1. The van der Waals surface area contributed by atoms with Gasteiger partial charge in [0.2, 0.25) is 5.91 Å². The SMILES string of the molecule is C=CC(=O)N[C@H]1COC[C@H]1Nc1cc2c(N3CCC(O)CC3)nc(-c3c(Cl)c(OC)cc(OC)c3Cl)nc2cn1. The number of carbonyl (C=O) groups excluding carboxylic acids is 1. The number of amides is 1. The van der Waals surface area contributed by atoms with Crippen molar-refractivity contribution in [2.24, 2.45) is 0 Å². The number of pyridine rings is 1. The zero-order valence-corrected chi connectivity index (χ0v) is 23.6. The molecule has 1 amide bonds. The van der Waals surface area contributed by atoms with E-state index in [1.165, 1.54) is 20.3 Å². The first kappa shape index (κ1) is 28.2. The number of fused-ring (bicyclic) bond motifs is 1. The third-order valence-electron chi connectivity index (χ3n) is 7.05. The predicted octanol–water partition coefficient (Wildman–Crippen LogP) is 3.46. The Morgan fingerprint density at radius 3 is 2.45 bits per heavy atom. The summed E-state index contributed by atoms with van der Waals surface area (Å²) in [7, 11) is 3.01. The Morgan fingerprint density at radius 1 is 1.12 bits per heavy atom. The number of benzene rings is 1. The molecule has 2 aliphatic heterocycles. The standard InChI is InChI=1S/C27H30Cl2N6O5/c1-4-22(37)32-18-13-40-12-17(18)31-21-9-15-16(11-30-21)33-26(34-27(15)35-7-5-14(36)6-8-35)23-24(28)19(38-2)10-20(39-3)25(23)29/h4,9-11,14,17-18,36H,1,5-8,12-13H2,2-3H3,(H,30,31)(H,32,37)/t17-,18+/m1/s1. The number of hydrogen-bond acceptors (Lipinski definition) is 10. The van der Waals surface area contributed by atoms with Crippen molar-refractivity contribution in [2.45, 2.75) is 31.0 Å². The smallest absolute Gasteiger partial charge is 0.243 e. The molecule has 4 heterocycles. The van der Waals surface area contributed by atoms with Crippen molar-refractivity contribution in [2.75, 3.05) is 50.7 Å². The fourth-order valence-corrected chi connectivity index (χ4v) is 5.55. The number of ether oxygens (including phenoxy) is 3. The van der Waals surface area contributed by atoms with E-state index in [2.05, 4.69) is 27.1 Å². The Labute approximate surface area is 241 Å². The summed E-state index contributed by atoms with van der Waals surface area (Å²) in [6.45, 7) is 5.51. The fraction of sp³-hybridized carbons (Fsp3) is 0.407. The van der Waals surface area contributed by atoms with Crippen LogP contribution in [0.1, 0.15) is 12.8 Å². The summed E-state index contributed by atoms with van der Waals surface area (Å²) in [5, 5.41) is 17.6. The van der Waals surface area contributed by atoms with Crippen LogP contribution in [0.15, 0.2) is 31.0 Å². The molecule has 2 atom stereocenters. The molecular formula is C27H30Cl2N6O5. The summed E-state index contributed by atoms with van der Waals surface area (Å²) in [5.74, 6) is 2.01. The molecule has 212 valence electrons. The first-order valence-electron chi connectivity index (χ1n) is 12.8. The van der Waals surface area contributed by atoms with E-state index in [0.717, 1.165) is 5.39 Å². The van der Waals surface area contributed by atoms with Crippen LogP contribution < -0.4 is 25.0 Å². The number of anilines is 2. The normalized spacial score (nSPS) is 19.5. The highest BCUT2D eigenvalue weighted by Crippen LogP contribution is 2.46. The molecule has 2 aliphatic rings. The van der Waals surface area contributed by atoms with E-state index >= 15 is 0 Å². The van der Waals surface area contributed by atoms with Crippen LogP contribution in [-0.2, 0) is 9.53 Å². The van der Waals surface area contributed by atoms with Gasteiger partial charge in [-0.1, -0.05) is 29.8 Å². The number of aromatic nitrogens is 3. The second-order valence-electron chi connectivity index (χ2n) is 9.57. The van der Waals surface area contributed by atoms with Crippen LogP contribution in [-0.4, -0.2) is 84.7 Å². The highest BCUT2D eigenvalue weighted by atomic mass is 35.5. The number of nitrogens with one attached hydrogen (secondary N) is 2. The summed E-state index contributed by atoms with van der Waals surface area (Å²) in [6.07, 6.45) is 3.74. The minimum absolute atomic E-state index is 0.190. The molecule has 0 radical (unpaired) electrons. The monoisotopic (exact) mass is 588 g/mol. The first-order valence-corrected chi connectivity index (χ1v) is 13.6. The number of nitrogens with zero attached hydrogens (tertiary/aromatic N) is 4. The number of aliphatic hydroxyl groups is 1. The second kappa shape index (κ2) is 12.0. The molecule has 0 aliphatic carbocycles. The largest absolute Gasteiger partial charge is 0.495 e. The summed E-state index contributed by atoms with van der Waals surface area (Å²) in [6, 6.07) is 3.06. The van der Waals surface area contributed by atoms with Crippen molar-refractivity contribution in [3.8, 4) is 22.9 Å². The van der Waals surface area contributed by atoms with E-state index < -0.39 is 0 Å². The van der Waals surface area contributed by atoms with Gasteiger partial charge < -0.3 is 34.9 Å². The molecule has 2 fully saturated rings. The van der Waals surface area contributed by atoms with Crippen molar-refractivity contribution >= 4 is 51.6 Å². The van der Waals surface area contributed by atoms with Gasteiger partial charge in [0.1, 0.15) is 23.1 Å². The molecule has 0 saturated carbocycles. The Kier molecular flexibility index (Phi) is 8.46. The van der Waals surface area contributed by atoms with E-state index in [1.54, 1.807) is 12.3 Å². The van der Waals surface area contributed by atoms with Crippen LogP contribution in [0.5, 0.6) is 11.5 Å². The third kappa shape index (κ3) is 5.60. The molecule has 0 unspecified atom stereocenters. The molecule has 0 bridgehead atoms. The van der Waals surface area contributed by atoms with E-state index in [1.807, 2.05) is 6.07 Å². The molecule has 0 spiro atoms. The summed E-state index contributed by atoms with van der Waals surface area (Å²) in [4.78, 5) is 28.3. The van der Waals surface area contributed by atoms with E-state index in [-0.39, 0.29) is 34.1 Å². The molecule has 2 saturated heterocycles. The molecule has 13 heteroatoms. The number of methoxy groups -OCH3 is 2. The lowest BCUT2D eigenvalue weighted by molar-refractivity contribution is -0.117. The number of halogens is 2. The maximum absolute atomic E-state index is 11.9. The topological polar surface area (TPSA) is 131 Å². The average molecular weight is 589 g/mol. The first-order chi connectivity index (χ1) is 19.3. The van der Waals surface area contributed by atoms with Crippen LogP contribution in [0.3, 0.4) is 0 Å². The zero-order valence-electron chi connectivity index (χ0n) is 22.1. The lowest BCUT2D eigenvalue weighted by Gasteiger charge is -2.31. The van der Waals surface area contributed by atoms with Gasteiger partial charge in [-0.3, -0.25) is 4.79 Å². The zero-order chi connectivity index (χ0) is 28.4. The highest BCUT2D eigenvalue weighted by Gasteiger charge is 2.30. The van der Waals surface area contributed by atoms with Gasteiger partial charge in [0.25, 0.3) is 0 Å². The van der Waals surface area contributed by atoms with Crippen molar-refractivity contribution in [3.05, 3.63) is 41.0 Å². The van der Waals surface area contributed by atoms with Gasteiger partial charge in [0.05, 0.1) is 72.9 Å². The number of hydrogen-bond donors (Lipinski definition) is 3. The molecule has 3 aromatic rings. The molecule has 2 aromatic heterocycles. The van der Waals surface area contributed by atoms with Crippen LogP contribution in [0.2, 0.25) is 10.0 Å². The molecule has 11 nitrogen and oxygen atoms in total. The number of aliphatic hydroxyl groups excluding tert-OH is 1. The lowest BCUT2D eigenvalue weighted by Crippen LogP contribution is -2.45. The van der Waals surface area contributed by atoms with Crippen LogP contribution in [0, 0.1) is 0 Å². The molecule has 3 N–H and O–H groups in total. The molecule has 40 heavy (non-hydrogen) atoms. The lowest BCUT2D eigenvalue weighted by atomic mass is 10.1. The number of rotatable bonds is 8. The Bertz CT molecular complexity index is 1400.